The molecular weight excluding hydrogens is 308 g/mol. The smallest absolute Gasteiger partial charge is 0.220 e. The topological polar surface area (TPSA) is 59.3 Å². The monoisotopic (exact) mass is 328 g/mol. The molecule has 0 unspecified atom stereocenters. The van der Waals surface area contributed by atoms with E-state index in [1.54, 1.807) is 17.7 Å². The van der Waals surface area contributed by atoms with Crippen LogP contribution in [0.1, 0.15) is 29.7 Å². The Morgan fingerprint density at radius 2 is 2.17 bits per heavy atom. The van der Waals surface area contributed by atoms with Gasteiger partial charge in [0.2, 0.25) is 10.9 Å². The van der Waals surface area contributed by atoms with E-state index in [2.05, 4.69) is 34.5 Å². The Morgan fingerprint density at radius 1 is 1.30 bits per heavy atom. The molecule has 5 nitrogen and oxygen atoms in total. The van der Waals surface area contributed by atoms with Gasteiger partial charge in [-0.25, -0.2) is 9.50 Å². The van der Waals surface area contributed by atoms with Crippen LogP contribution in [0.5, 0.6) is 0 Å². The lowest BCUT2D eigenvalue weighted by atomic mass is 10.0. The van der Waals surface area contributed by atoms with Crippen LogP contribution in [0.25, 0.3) is 4.96 Å². The normalized spacial score (nSPS) is 11.0. The number of rotatable bonds is 7. The van der Waals surface area contributed by atoms with E-state index in [1.807, 2.05) is 22.0 Å². The van der Waals surface area contributed by atoms with Gasteiger partial charge in [-0.3, -0.25) is 4.79 Å². The highest BCUT2D eigenvalue weighted by atomic mass is 32.1. The number of aryl methyl sites for hydroxylation is 2. The molecule has 0 spiro atoms. The van der Waals surface area contributed by atoms with Crippen LogP contribution in [-0.2, 0) is 17.6 Å². The maximum Gasteiger partial charge on any atom is 0.220 e. The van der Waals surface area contributed by atoms with Crippen LogP contribution >= 0.6 is 11.3 Å². The fraction of sp³-hybridized carbons (Fsp3) is 0.353. The minimum atomic E-state index is 0.114. The lowest BCUT2D eigenvalue weighted by Crippen LogP contribution is -2.25. The summed E-state index contributed by atoms with van der Waals surface area (Å²) < 4.78 is 1.83. The summed E-state index contributed by atoms with van der Waals surface area (Å²) in [5, 5.41) is 9.20. The van der Waals surface area contributed by atoms with Crippen LogP contribution in [0.4, 0.5) is 0 Å². The number of amides is 1. The van der Waals surface area contributed by atoms with Gasteiger partial charge in [-0.15, -0.1) is 11.3 Å². The molecule has 1 N–H and O–H groups in total. The van der Waals surface area contributed by atoms with Gasteiger partial charge in [-0.1, -0.05) is 24.3 Å². The predicted molar refractivity (Wildman–Crippen MR) is 91.7 cm³/mol. The fourth-order valence-corrected chi connectivity index (χ4v) is 3.42. The van der Waals surface area contributed by atoms with Crippen LogP contribution in [0.15, 0.2) is 36.0 Å². The second kappa shape index (κ2) is 7.37. The minimum Gasteiger partial charge on any atom is -0.356 e. The van der Waals surface area contributed by atoms with Gasteiger partial charge in [-0.05, 0) is 30.9 Å². The number of aromatic nitrogens is 3. The van der Waals surface area contributed by atoms with Crippen molar-refractivity contribution in [2.24, 2.45) is 0 Å². The number of carbonyl (C=O) groups excluding carboxylic acids is 1. The molecule has 0 atom stereocenters. The molecule has 6 heteroatoms. The third-order valence-electron chi connectivity index (χ3n) is 3.90. The van der Waals surface area contributed by atoms with Crippen molar-refractivity contribution in [3.05, 3.63) is 52.8 Å². The summed E-state index contributed by atoms with van der Waals surface area (Å²) in [7, 11) is 0. The molecule has 3 aromatic rings. The molecule has 120 valence electrons. The molecule has 0 saturated carbocycles. The predicted octanol–water partition coefficient (Wildman–Crippen LogP) is 2.78. The van der Waals surface area contributed by atoms with Crippen LogP contribution in [-0.4, -0.2) is 27.0 Å². The van der Waals surface area contributed by atoms with E-state index in [-0.39, 0.29) is 5.91 Å². The van der Waals surface area contributed by atoms with Crippen molar-refractivity contribution in [1.82, 2.24) is 19.9 Å². The van der Waals surface area contributed by atoms with E-state index in [1.165, 1.54) is 11.1 Å². The van der Waals surface area contributed by atoms with E-state index >= 15 is 0 Å². The van der Waals surface area contributed by atoms with Gasteiger partial charge >= 0.3 is 0 Å². The Morgan fingerprint density at radius 3 is 3.04 bits per heavy atom. The quantitative estimate of drug-likeness (QED) is 0.725. The van der Waals surface area contributed by atoms with Crippen molar-refractivity contribution >= 4 is 22.2 Å². The Labute approximate surface area is 139 Å². The van der Waals surface area contributed by atoms with Gasteiger partial charge < -0.3 is 5.32 Å². The first kappa shape index (κ1) is 15.7. The number of nitrogens with zero attached hydrogens (tertiary/aromatic N) is 3. The first-order valence-corrected chi connectivity index (χ1v) is 8.69. The van der Waals surface area contributed by atoms with Crippen molar-refractivity contribution < 1.29 is 4.79 Å². The molecule has 0 bridgehead atoms. The molecule has 3 rings (SSSR count). The number of fused-ring (bicyclic) bond motifs is 1. The number of nitrogens with one attached hydrogen (secondary N) is 1. The summed E-state index contributed by atoms with van der Waals surface area (Å²) in [6.07, 6.45) is 4.72. The van der Waals surface area contributed by atoms with Crippen molar-refractivity contribution in [2.75, 3.05) is 6.54 Å². The molecule has 1 aromatic carbocycles. The first-order chi connectivity index (χ1) is 11.2. The third-order valence-corrected chi connectivity index (χ3v) is 4.78. The summed E-state index contributed by atoms with van der Waals surface area (Å²) in [6, 6.07) is 8.34. The minimum absolute atomic E-state index is 0.114. The number of hydrogen-bond acceptors (Lipinski definition) is 4. The molecule has 1 amide bonds. The van der Waals surface area contributed by atoms with Crippen molar-refractivity contribution in [1.29, 1.82) is 0 Å². The number of thiazole rings is 1. The van der Waals surface area contributed by atoms with Crippen molar-refractivity contribution in [3.63, 3.8) is 0 Å². The SMILES string of the molecule is Cc1ccccc1CCCC(=O)NCCc1csc2ncnn12. The molecular formula is C17H20N4OS. The molecule has 0 radical (unpaired) electrons. The molecule has 0 aliphatic heterocycles. The van der Waals surface area contributed by atoms with Gasteiger partial charge in [0.25, 0.3) is 0 Å². The van der Waals surface area contributed by atoms with Crippen molar-refractivity contribution in [3.8, 4) is 0 Å². The van der Waals surface area contributed by atoms with Crippen LogP contribution in [0.2, 0.25) is 0 Å². The summed E-state index contributed by atoms with van der Waals surface area (Å²) in [5.41, 5.74) is 3.71. The Balaban J connectivity index is 1.38. The maximum atomic E-state index is 11.9. The van der Waals surface area contributed by atoms with Crippen LogP contribution < -0.4 is 5.32 Å². The summed E-state index contributed by atoms with van der Waals surface area (Å²) >= 11 is 1.57. The third kappa shape index (κ3) is 3.96. The maximum absolute atomic E-state index is 11.9. The average Bonchev–Trinajstić information content (AvgIpc) is 3.14. The Hall–Kier alpha value is -2.21. The first-order valence-electron chi connectivity index (χ1n) is 7.81. The van der Waals surface area contributed by atoms with Gasteiger partial charge in [-0.2, -0.15) is 5.10 Å². The zero-order valence-corrected chi connectivity index (χ0v) is 14.0. The second-order valence-corrected chi connectivity index (χ2v) is 6.40. The molecule has 0 aliphatic rings. The second-order valence-electron chi connectivity index (χ2n) is 5.56. The average molecular weight is 328 g/mol. The van der Waals surface area contributed by atoms with E-state index in [4.69, 9.17) is 0 Å². The highest BCUT2D eigenvalue weighted by Gasteiger charge is 2.06. The molecule has 0 aliphatic carbocycles. The zero-order chi connectivity index (χ0) is 16.1. The number of carbonyl (C=O) groups is 1. The van der Waals surface area contributed by atoms with Gasteiger partial charge in [0, 0.05) is 24.8 Å². The summed E-state index contributed by atoms with van der Waals surface area (Å²) in [4.78, 5) is 17.0. The number of hydrogen-bond donors (Lipinski definition) is 1. The molecule has 2 heterocycles. The highest BCUT2D eigenvalue weighted by Crippen LogP contribution is 2.13. The molecule has 23 heavy (non-hydrogen) atoms. The molecule has 2 aromatic heterocycles. The lowest BCUT2D eigenvalue weighted by molar-refractivity contribution is -0.121. The van der Waals surface area contributed by atoms with E-state index in [0.29, 0.717) is 13.0 Å². The summed E-state index contributed by atoms with van der Waals surface area (Å²) in [5.74, 6) is 0.114. The largest absolute Gasteiger partial charge is 0.356 e. The van der Waals surface area contributed by atoms with Gasteiger partial charge in [0.1, 0.15) is 6.33 Å². The van der Waals surface area contributed by atoms with Gasteiger partial charge in [0.05, 0.1) is 5.69 Å². The van der Waals surface area contributed by atoms with E-state index in [9.17, 15) is 4.79 Å². The fourth-order valence-electron chi connectivity index (χ4n) is 2.59. The number of benzene rings is 1. The Bertz CT molecular complexity index is 793. The van der Waals surface area contributed by atoms with Crippen LogP contribution in [0, 0.1) is 6.92 Å². The van der Waals surface area contributed by atoms with E-state index in [0.717, 1.165) is 29.9 Å². The Kier molecular flexibility index (Phi) is 5.02. The lowest BCUT2D eigenvalue weighted by Gasteiger charge is -2.06. The van der Waals surface area contributed by atoms with Crippen molar-refractivity contribution in [2.45, 2.75) is 32.6 Å². The molecule has 0 saturated heterocycles. The van der Waals surface area contributed by atoms with Gasteiger partial charge in [0.15, 0.2) is 0 Å². The highest BCUT2D eigenvalue weighted by molar-refractivity contribution is 7.15. The molecule has 0 fully saturated rings. The zero-order valence-electron chi connectivity index (χ0n) is 13.2. The summed E-state index contributed by atoms with van der Waals surface area (Å²) in [6.45, 7) is 2.75. The van der Waals surface area contributed by atoms with Crippen LogP contribution in [0.3, 0.4) is 0 Å². The standard InChI is InChI=1S/C17H20N4OS/c1-13-5-2-3-6-14(13)7-4-8-16(22)18-10-9-15-11-23-17-19-12-20-21(15)17/h2-3,5-6,11-12H,4,7-10H2,1H3,(H,18,22). The van der Waals surface area contributed by atoms with E-state index < -0.39 is 0 Å².